The maximum absolute atomic E-state index is 12.4. The van der Waals surface area contributed by atoms with E-state index in [1.807, 2.05) is 32.0 Å². The van der Waals surface area contributed by atoms with Crippen molar-refractivity contribution < 1.29 is 13.2 Å². The van der Waals surface area contributed by atoms with Crippen molar-refractivity contribution in [3.05, 3.63) is 71.8 Å². The molecule has 0 atom stereocenters. The molecule has 0 aliphatic carbocycles. The molecule has 0 radical (unpaired) electrons. The molecule has 0 spiro atoms. The van der Waals surface area contributed by atoms with Gasteiger partial charge in [-0.2, -0.15) is 0 Å². The average molecular weight is 344 g/mol. The van der Waals surface area contributed by atoms with Crippen LogP contribution in [0.2, 0.25) is 0 Å². The van der Waals surface area contributed by atoms with E-state index in [-0.39, 0.29) is 22.9 Å². The number of carbonyl (C=O) groups excluding carboxylic acids is 1. The smallest absolute Gasteiger partial charge is 0.255 e. The van der Waals surface area contributed by atoms with Crippen LogP contribution in [0.5, 0.6) is 0 Å². The fourth-order valence-electron chi connectivity index (χ4n) is 2.14. The lowest BCUT2D eigenvalue weighted by molar-refractivity contribution is 0.102. The number of hydrogen-bond acceptors (Lipinski definition) is 3. The molecule has 126 valence electrons. The van der Waals surface area contributed by atoms with Crippen molar-refractivity contribution in [2.75, 3.05) is 11.9 Å². The zero-order valence-corrected chi connectivity index (χ0v) is 14.5. The van der Waals surface area contributed by atoms with Gasteiger partial charge in [0.15, 0.2) is 0 Å². The molecule has 0 aliphatic rings. The van der Waals surface area contributed by atoms with Gasteiger partial charge in [0.2, 0.25) is 10.0 Å². The van der Waals surface area contributed by atoms with Gasteiger partial charge in [-0.1, -0.05) is 24.3 Å². The summed E-state index contributed by atoms with van der Waals surface area (Å²) in [4.78, 5) is 12.5. The molecule has 0 aliphatic heterocycles. The molecule has 5 nitrogen and oxygen atoms in total. The minimum Gasteiger partial charge on any atom is -0.322 e. The Hall–Kier alpha value is -2.44. The van der Waals surface area contributed by atoms with Gasteiger partial charge < -0.3 is 5.32 Å². The van der Waals surface area contributed by atoms with Crippen LogP contribution in [-0.2, 0) is 10.0 Å². The summed E-state index contributed by atoms with van der Waals surface area (Å²) < 4.78 is 26.6. The zero-order chi connectivity index (χ0) is 17.7. The minimum atomic E-state index is -3.67. The van der Waals surface area contributed by atoms with Crippen molar-refractivity contribution in [2.24, 2.45) is 0 Å². The highest BCUT2D eigenvalue weighted by Crippen LogP contribution is 2.19. The van der Waals surface area contributed by atoms with Crippen LogP contribution < -0.4 is 10.0 Å². The molecule has 2 aromatic rings. The SMILES string of the molecule is C=CCNS(=O)(=O)c1cccc(C(=O)Nc2cccc(C)c2C)c1. The second kappa shape index (κ2) is 7.42. The Kier molecular flexibility index (Phi) is 5.54. The Balaban J connectivity index is 2.26. The van der Waals surface area contributed by atoms with E-state index < -0.39 is 10.0 Å². The summed E-state index contributed by atoms with van der Waals surface area (Å²) in [5.74, 6) is -0.357. The number of carbonyl (C=O) groups is 1. The minimum absolute atomic E-state index is 0.0398. The summed E-state index contributed by atoms with van der Waals surface area (Å²) in [5.41, 5.74) is 3.02. The van der Waals surface area contributed by atoms with E-state index in [9.17, 15) is 13.2 Å². The van der Waals surface area contributed by atoms with E-state index in [1.54, 1.807) is 12.1 Å². The summed E-state index contributed by atoms with van der Waals surface area (Å²) in [7, 11) is -3.67. The fraction of sp³-hybridized carbons (Fsp3) is 0.167. The van der Waals surface area contributed by atoms with Gasteiger partial charge >= 0.3 is 0 Å². The van der Waals surface area contributed by atoms with E-state index in [4.69, 9.17) is 0 Å². The van der Waals surface area contributed by atoms with Gasteiger partial charge in [0.1, 0.15) is 0 Å². The number of hydrogen-bond donors (Lipinski definition) is 2. The normalized spacial score (nSPS) is 11.1. The predicted octanol–water partition coefficient (Wildman–Crippen LogP) is 3.02. The molecule has 2 aromatic carbocycles. The first kappa shape index (κ1) is 17.9. The maximum atomic E-state index is 12.4. The summed E-state index contributed by atoms with van der Waals surface area (Å²) >= 11 is 0. The molecule has 0 saturated carbocycles. The van der Waals surface area contributed by atoms with E-state index in [0.29, 0.717) is 5.69 Å². The van der Waals surface area contributed by atoms with Crippen LogP contribution in [-0.4, -0.2) is 20.9 Å². The first-order valence-corrected chi connectivity index (χ1v) is 8.91. The van der Waals surface area contributed by atoms with Crippen LogP contribution in [0.1, 0.15) is 21.5 Å². The van der Waals surface area contributed by atoms with Crippen molar-refractivity contribution in [1.82, 2.24) is 4.72 Å². The first-order valence-electron chi connectivity index (χ1n) is 7.43. The molecule has 0 saturated heterocycles. The molecule has 1 amide bonds. The Morgan fingerprint density at radius 3 is 2.58 bits per heavy atom. The highest BCUT2D eigenvalue weighted by atomic mass is 32.2. The third kappa shape index (κ3) is 4.10. The quantitative estimate of drug-likeness (QED) is 0.791. The molecule has 0 aromatic heterocycles. The van der Waals surface area contributed by atoms with Crippen molar-refractivity contribution in [3.63, 3.8) is 0 Å². The lowest BCUT2D eigenvalue weighted by Gasteiger charge is -2.11. The number of anilines is 1. The van der Waals surface area contributed by atoms with Crippen molar-refractivity contribution in [1.29, 1.82) is 0 Å². The van der Waals surface area contributed by atoms with Crippen molar-refractivity contribution in [2.45, 2.75) is 18.7 Å². The summed E-state index contributed by atoms with van der Waals surface area (Å²) in [6, 6.07) is 11.5. The Morgan fingerprint density at radius 2 is 1.88 bits per heavy atom. The Labute approximate surface area is 142 Å². The van der Waals surface area contributed by atoms with Gasteiger partial charge in [0.25, 0.3) is 5.91 Å². The van der Waals surface area contributed by atoms with E-state index in [1.165, 1.54) is 18.2 Å². The van der Waals surface area contributed by atoms with Crippen LogP contribution in [0.4, 0.5) is 5.69 Å². The molecule has 6 heteroatoms. The summed E-state index contributed by atoms with van der Waals surface area (Å²) in [6.45, 7) is 7.48. The van der Waals surface area contributed by atoms with Gasteiger partial charge in [-0.25, -0.2) is 13.1 Å². The number of rotatable bonds is 6. The lowest BCUT2D eigenvalue weighted by Crippen LogP contribution is -2.24. The Bertz CT molecular complexity index is 874. The maximum Gasteiger partial charge on any atom is 0.255 e. The number of amides is 1. The van der Waals surface area contributed by atoms with Crippen LogP contribution in [0.25, 0.3) is 0 Å². The topological polar surface area (TPSA) is 75.3 Å². The molecular formula is C18H20N2O3S. The third-order valence-electron chi connectivity index (χ3n) is 3.68. The van der Waals surface area contributed by atoms with Crippen LogP contribution >= 0.6 is 0 Å². The molecule has 0 fully saturated rings. The molecule has 24 heavy (non-hydrogen) atoms. The highest BCUT2D eigenvalue weighted by molar-refractivity contribution is 7.89. The second-order valence-electron chi connectivity index (χ2n) is 5.37. The number of benzene rings is 2. The van der Waals surface area contributed by atoms with E-state index in [0.717, 1.165) is 11.1 Å². The number of aryl methyl sites for hydroxylation is 1. The van der Waals surface area contributed by atoms with Crippen LogP contribution in [0, 0.1) is 13.8 Å². The lowest BCUT2D eigenvalue weighted by atomic mass is 10.1. The highest BCUT2D eigenvalue weighted by Gasteiger charge is 2.16. The molecule has 0 bridgehead atoms. The molecule has 0 heterocycles. The molecular weight excluding hydrogens is 324 g/mol. The second-order valence-corrected chi connectivity index (χ2v) is 7.14. The van der Waals surface area contributed by atoms with Gasteiger partial charge in [-0.05, 0) is 49.2 Å². The van der Waals surface area contributed by atoms with Crippen molar-refractivity contribution >= 4 is 21.6 Å². The van der Waals surface area contributed by atoms with E-state index in [2.05, 4.69) is 16.6 Å². The van der Waals surface area contributed by atoms with Gasteiger partial charge in [-0.15, -0.1) is 6.58 Å². The van der Waals surface area contributed by atoms with E-state index >= 15 is 0 Å². The summed E-state index contributed by atoms with van der Waals surface area (Å²) in [6.07, 6.45) is 1.45. The monoisotopic (exact) mass is 344 g/mol. The van der Waals surface area contributed by atoms with Crippen LogP contribution in [0.3, 0.4) is 0 Å². The largest absolute Gasteiger partial charge is 0.322 e. The number of nitrogens with one attached hydrogen (secondary N) is 2. The fourth-order valence-corrected chi connectivity index (χ4v) is 3.18. The van der Waals surface area contributed by atoms with Crippen molar-refractivity contribution in [3.8, 4) is 0 Å². The first-order chi connectivity index (χ1) is 11.3. The number of sulfonamides is 1. The van der Waals surface area contributed by atoms with Crippen LogP contribution in [0.15, 0.2) is 60.0 Å². The average Bonchev–Trinajstić information content (AvgIpc) is 2.57. The molecule has 0 unspecified atom stereocenters. The molecule has 2 N–H and O–H groups in total. The predicted molar refractivity (Wildman–Crippen MR) is 95.7 cm³/mol. The standard InChI is InChI=1S/C18H20N2O3S/c1-4-11-19-24(22,23)16-9-6-8-15(12-16)18(21)20-17-10-5-7-13(2)14(17)3/h4-10,12,19H,1,11H2,2-3H3,(H,20,21). The molecule has 2 rings (SSSR count). The zero-order valence-electron chi connectivity index (χ0n) is 13.7. The third-order valence-corrected chi connectivity index (χ3v) is 5.10. The van der Waals surface area contributed by atoms with Gasteiger partial charge in [0.05, 0.1) is 4.90 Å². The Morgan fingerprint density at radius 1 is 1.17 bits per heavy atom. The van der Waals surface area contributed by atoms with Gasteiger partial charge in [0, 0.05) is 17.8 Å². The summed E-state index contributed by atoms with van der Waals surface area (Å²) in [5, 5.41) is 2.82. The van der Waals surface area contributed by atoms with Gasteiger partial charge in [-0.3, -0.25) is 4.79 Å².